The van der Waals surface area contributed by atoms with E-state index in [9.17, 15) is 19.5 Å². The number of thioether (sulfide) groups is 1. The number of aliphatic hydroxyl groups excluding tert-OH is 1. The van der Waals surface area contributed by atoms with Crippen LogP contribution >= 0.6 is 11.8 Å². The molecule has 1 aliphatic rings. The van der Waals surface area contributed by atoms with Crippen molar-refractivity contribution in [1.82, 2.24) is 0 Å². The second-order valence-electron chi connectivity index (χ2n) is 4.94. The monoisotopic (exact) mass is 350 g/mol. The van der Waals surface area contributed by atoms with Crippen molar-refractivity contribution in [3.63, 3.8) is 0 Å². The van der Waals surface area contributed by atoms with E-state index in [0.29, 0.717) is 5.75 Å². The van der Waals surface area contributed by atoms with Crippen LogP contribution in [0.15, 0.2) is 0 Å². The summed E-state index contributed by atoms with van der Waals surface area (Å²) in [6.45, 7) is 5.29. The Morgan fingerprint density at radius 1 is 1.17 bits per heavy atom. The molecule has 0 aliphatic carbocycles. The first-order valence-electron chi connectivity index (χ1n) is 7.19. The van der Waals surface area contributed by atoms with Crippen LogP contribution < -0.4 is 0 Å². The average molecular weight is 350 g/mol. The third-order valence-electron chi connectivity index (χ3n) is 3.02. The van der Waals surface area contributed by atoms with Gasteiger partial charge in [-0.3, -0.25) is 14.4 Å². The van der Waals surface area contributed by atoms with Crippen LogP contribution in [0.3, 0.4) is 0 Å². The van der Waals surface area contributed by atoms with Gasteiger partial charge in [-0.05, 0) is 5.75 Å². The lowest BCUT2D eigenvalue weighted by molar-refractivity contribution is -0.182. The molecule has 23 heavy (non-hydrogen) atoms. The first-order valence-corrected chi connectivity index (χ1v) is 8.24. The molecule has 0 amide bonds. The molecule has 0 bridgehead atoms. The molecule has 0 aromatic carbocycles. The molecular formula is C14H22O8S. The molecule has 1 aliphatic heterocycles. The summed E-state index contributed by atoms with van der Waals surface area (Å²) in [6.07, 6.45) is -3.93. The van der Waals surface area contributed by atoms with Crippen molar-refractivity contribution in [2.24, 2.45) is 0 Å². The van der Waals surface area contributed by atoms with Crippen molar-refractivity contribution in [2.45, 2.75) is 57.5 Å². The molecule has 9 heteroatoms. The van der Waals surface area contributed by atoms with Gasteiger partial charge in [0.05, 0.1) is 5.25 Å². The second-order valence-corrected chi connectivity index (χ2v) is 6.39. The normalized spacial score (nSPS) is 28.0. The van der Waals surface area contributed by atoms with Crippen molar-refractivity contribution in [3.8, 4) is 0 Å². The van der Waals surface area contributed by atoms with E-state index in [-0.39, 0.29) is 6.61 Å². The van der Waals surface area contributed by atoms with E-state index < -0.39 is 47.8 Å². The lowest BCUT2D eigenvalue weighted by Gasteiger charge is -2.27. The number of carbonyl (C=O) groups is 3. The van der Waals surface area contributed by atoms with Gasteiger partial charge in [0.1, 0.15) is 18.8 Å². The highest BCUT2D eigenvalue weighted by Crippen LogP contribution is 2.34. The molecule has 0 radical (unpaired) electrons. The average Bonchev–Trinajstić information content (AvgIpc) is 2.71. The lowest BCUT2D eigenvalue weighted by Crippen LogP contribution is -2.45. The Bertz CT molecular complexity index is 440. The third kappa shape index (κ3) is 6.00. The third-order valence-corrected chi connectivity index (χ3v) is 4.24. The van der Waals surface area contributed by atoms with Gasteiger partial charge in [-0.1, -0.05) is 6.92 Å². The van der Waals surface area contributed by atoms with Gasteiger partial charge < -0.3 is 24.1 Å². The molecule has 132 valence electrons. The fraction of sp³-hybridized carbons (Fsp3) is 0.786. The SMILES string of the molecule is CCS[C@@H]1[C@H](OC(C)=O)[C@H]([C@@H](COC(C)=O)OC(C)=O)O[C@@H]1O. The number of hydrogen-bond donors (Lipinski definition) is 1. The van der Waals surface area contributed by atoms with Crippen molar-refractivity contribution in [1.29, 1.82) is 0 Å². The summed E-state index contributed by atoms with van der Waals surface area (Å²) in [7, 11) is 0. The highest BCUT2D eigenvalue weighted by molar-refractivity contribution is 8.00. The van der Waals surface area contributed by atoms with Gasteiger partial charge in [0.2, 0.25) is 0 Å². The largest absolute Gasteiger partial charge is 0.462 e. The minimum Gasteiger partial charge on any atom is -0.462 e. The molecule has 0 aromatic heterocycles. The Hall–Kier alpha value is -1.32. The topological polar surface area (TPSA) is 108 Å². The molecule has 1 N–H and O–H groups in total. The van der Waals surface area contributed by atoms with Gasteiger partial charge in [0.15, 0.2) is 12.4 Å². The van der Waals surface area contributed by atoms with Gasteiger partial charge >= 0.3 is 17.9 Å². The summed E-state index contributed by atoms with van der Waals surface area (Å²) >= 11 is 1.36. The molecule has 1 rings (SSSR count). The summed E-state index contributed by atoms with van der Waals surface area (Å²) in [5.41, 5.74) is 0. The predicted molar refractivity (Wildman–Crippen MR) is 80.5 cm³/mol. The maximum atomic E-state index is 11.4. The number of ether oxygens (including phenoxy) is 4. The van der Waals surface area contributed by atoms with Crippen molar-refractivity contribution >= 4 is 29.7 Å². The van der Waals surface area contributed by atoms with Gasteiger partial charge in [-0.25, -0.2) is 0 Å². The zero-order valence-corrected chi connectivity index (χ0v) is 14.3. The molecule has 1 saturated heterocycles. The summed E-state index contributed by atoms with van der Waals surface area (Å²) in [5, 5.41) is 9.53. The van der Waals surface area contributed by atoms with Crippen molar-refractivity contribution in [2.75, 3.05) is 12.4 Å². The first-order chi connectivity index (χ1) is 10.8. The zero-order valence-electron chi connectivity index (χ0n) is 13.5. The van der Waals surface area contributed by atoms with Crippen LogP contribution in [-0.2, 0) is 33.3 Å². The molecule has 0 saturated carbocycles. The second kappa shape index (κ2) is 9.09. The maximum Gasteiger partial charge on any atom is 0.303 e. The van der Waals surface area contributed by atoms with Crippen LogP contribution in [0.4, 0.5) is 0 Å². The molecule has 5 atom stereocenters. The summed E-state index contributed by atoms with van der Waals surface area (Å²) in [5.74, 6) is -1.04. The number of esters is 3. The highest BCUT2D eigenvalue weighted by Gasteiger charge is 2.50. The number of carbonyl (C=O) groups excluding carboxylic acids is 3. The van der Waals surface area contributed by atoms with Crippen molar-refractivity contribution in [3.05, 3.63) is 0 Å². The summed E-state index contributed by atoms with van der Waals surface area (Å²) in [4.78, 5) is 33.6. The number of aliphatic hydroxyl groups is 1. The van der Waals surface area contributed by atoms with E-state index in [4.69, 9.17) is 18.9 Å². The predicted octanol–water partition coefficient (Wildman–Crippen LogP) is 0.252. The summed E-state index contributed by atoms with van der Waals surface area (Å²) < 4.78 is 20.7. The minimum atomic E-state index is -1.19. The Labute approximate surface area is 138 Å². The van der Waals surface area contributed by atoms with E-state index in [1.165, 1.54) is 32.5 Å². The highest BCUT2D eigenvalue weighted by atomic mass is 32.2. The van der Waals surface area contributed by atoms with E-state index in [0.717, 1.165) is 0 Å². The Morgan fingerprint density at radius 3 is 2.30 bits per heavy atom. The Morgan fingerprint density at radius 2 is 1.83 bits per heavy atom. The van der Waals surface area contributed by atoms with E-state index in [1.807, 2.05) is 6.92 Å². The molecule has 0 aromatic rings. The van der Waals surface area contributed by atoms with Crippen LogP contribution in [0.5, 0.6) is 0 Å². The minimum absolute atomic E-state index is 0.256. The molecule has 8 nitrogen and oxygen atoms in total. The van der Waals surface area contributed by atoms with E-state index in [1.54, 1.807) is 0 Å². The van der Waals surface area contributed by atoms with Crippen LogP contribution in [0.25, 0.3) is 0 Å². The Balaban J connectivity index is 2.96. The van der Waals surface area contributed by atoms with Gasteiger partial charge in [-0.15, -0.1) is 11.8 Å². The molecular weight excluding hydrogens is 328 g/mol. The first kappa shape index (κ1) is 19.7. The van der Waals surface area contributed by atoms with E-state index >= 15 is 0 Å². The van der Waals surface area contributed by atoms with Crippen LogP contribution in [0.2, 0.25) is 0 Å². The Kier molecular flexibility index (Phi) is 7.80. The lowest BCUT2D eigenvalue weighted by atomic mass is 10.1. The smallest absolute Gasteiger partial charge is 0.303 e. The van der Waals surface area contributed by atoms with E-state index in [2.05, 4.69) is 0 Å². The van der Waals surface area contributed by atoms with Crippen LogP contribution in [0, 0.1) is 0 Å². The van der Waals surface area contributed by atoms with Crippen LogP contribution in [0.1, 0.15) is 27.7 Å². The van der Waals surface area contributed by atoms with Crippen LogP contribution in [-0.4, -0.2) is 65.2 Å². The summed E-state index contributed by atoms with van der Waals surface area (Å²) in [6, 6.07) is 0. The number of rotatable bonds is 7. The van der Waals surface area contributed by atoms with Gasteiger partial charge in [0, 0.05) is 20.8 Å². The fourth-order valence-corrected chi connectivity index (χ4v) is 3.28. The fourth-order valence-electron chi connectivity index (χ4n) is 2.27. The van der Waals surface area contributed by atoms with Gasteiger partial charge in [0.25, 0.3) is 0 Å². The molecule has 1 fully saturated rings. The number of hydrogen-bond acceptors (Lipinski definition) is 9. The quantitative estimate of drug-likeness (QED) is 0.510. The molecule has 1 heterocycles. The molecule has 0 unspecified atom stereocenters. The standard InChI is InChI=1S/C14H22O8S/c1-5-23-13-12(21-9(4)17)11(22-14(13)18)10(20-8(3)16)6-19-7(2)15/h10-14,18H,5-6H2,1-4H3/t10-,11+,12-,13-,14+/m1/s1. The van der Waals surface area contributed by atoms with Crippen molar-refractivity contribution < 1.29 is 38.4 Å². The zero-order chi connectivity index (χ0) is 17.6. The maximum absolute atomic E-state index is 11.4. The van der Waals surface area contributed by atoms with Gasteiger partial charge in [-0.2, -0.15) is 0 Å². The molecule has 0 spiro atoms.